The number of nitrogens with zero attached hydrogens (tertiary/aromatic N) is 4. The summed E-state index contributed by atoms with van der Waals surface area (Å²) in [5, 5.41) is 11.5. The molecular formula is C30H33N5O4. The molecule has 4 aromatic rings. The number of likely N-dealkylation sites (tertiary alicyclic amines) is 1. The monoisotopic (exact) mass is 527 g/mol. The zero-order valence-electron chi connectivity index (χ0n) is 21.8. The number of fused-ring (bicyclic) bond motifs is 1. The number of ether oxygens (including phenoxy) is 2. The predicted octanol–water partition coefficient (Wildman–Crippen LogP) is 5.27. The summed E-state index contributed by atoms with van der Waals surface area (Å²) in [6, 6.07) is 21.7. The quantitative estimate of drug-likeness (QED) is 0.306. The summed E-state index contributed by atoms with van der Waals surface area (Å²) in [4.78, 5) is 23.3. The van der Waals surface area contributed by atoms with E-state index in [9.17, 15) is 4.79 Å². The van der Waals surface area contributed by atoms with Gasteiger partial charge in [0.1, 0.15) is 12.4 Å². The Hall–Kier alpha value is -3.95. The van der Waals surface area contributed by atoms with E-state index in [-0.39, 0.29) is 6.10 Å². The van der Waals surface area contributed by atoms with E-state index in [0.717, 1.165) is 80.2 Å². The number of carboxylic acid groups (broad SMARTS) is 1. The van der Waals surface area contributed by atoms with Crippen LogP contribution in [0, 0.1) is 0 Å². The third-order valence-electron chi connectivity index (χ3n) is 7.60. The molecular weight excluding hydrogens is 494 g/mol. The van der Waals surface area contributed by atoms with Gasteiger partial charge in [-0.2, -0.15) is 0 Å². The molecule has 2 aliphatic heterocycles. The summed E-state index contributed by atoms with van der Waals surface area (Å²) in [6.45, 7) is 4.72. The Morgan fingerprint density at radius 1 is 1.03 bits per heavy atom. The van der Waals surface area contributed by atoms with E-state index in [4.69, 9.17) is 24.5 Å². The summed E-state index contributed by atoms with van der Waals surface area (Å²) in [5.41, 5.74) is 4.54. The molecule has 0 bridgehead atoms. The maximum Gasteiger partial charge on any atom is 0.409 e. The molecule has 202 valence electrons. The van der Waals surface area contributed by atoms with Gasteiger partial charge in [0.2, 0.25) is 5.88 Å². The minimum atomic E-state index is -1.08. The van der Waals surface area contributed by atoms with Gasteiger partial charge in [-0.15, -0.1) is 0 Å². The van der Waals surface area contributed by atoms with Crippen molar-refractivity contribution in [1.29, 1.82) is 0 Å². The van der Waals surface area contributed by atoms with Crippen LogP contribution in [-0.4, -0.2) is 56.4 Å². The molecule has 9 nitrogen and oxygen atoms in total. The first-order valence-electron chi connectivity index (χ1n) is 13.6. The fourth-order valence-corrected chi connectivity index (χ4v) is 5.39. The average molecular weight is 528 g/mol. The molecule has 2 aliphatic rings. The Morgan fingerprint density at radius 2 is 1.85 bits per heavy atom. The number of pyridine rings is 1. The van der Waals surface area contributed by atoms with Crippen LogP contribution in [0.2, 0.25) is 0 Å². The largest absolute Gasteiger partial charge is 0.473 e. The number of piperidine rings is 1. The molecule has 0 aliphatic carbocycles. The normalized spacial score (nSPS) is 18.1. The number of amides is 1. The number of imidazole rings is 1. The highest BCUT2D eigenvalue weighted by Crippen LogP contribution is 2.30. The highest BCUT2D eigenvalue weighted by atomic mass is 16.5. The Morgan fingerprint density at radius 3 is 2.59 bits per heavy atom. The van der Waals surface area contributed by atoms with E-state index in [1.165, 1.54) is 0 Å². The molecule has 2 aromatic carbocycles. The van der Waals surface area contributed by atoms with Crippen LogP contribution in [0.1, 0.15) is 42.3 Å². The van der Waals surface area contributed by atoms with Crippen LogP contribution in [0.15, 0.2) is 66.7 Å². The molecule has 0 unspecified atom stereocenters. The van der Waals surface area contributed by atoms with Crippen molar-refractivity contribution in [1.82, 2.24) is 19.4 Å². The van der Waals surface area contributed by atoms with Gasteiger partial charge in [0.25, 0.3) is 0 Å². The van der Waals surface area contributed by atoms with Gasteiger partial charge in [0.05, 0.1) is 30.2 Å². The molecule has 39 heavy (non-hydrogen) atoms. The van der Waals surface area contributed by atoms with Crippen molar-refractivity contribution in [3.63, 3.8) is 0 Å². The fourth-order valence-electron chi connectivity index (χ4n) is 5.39. The lowest BCUT2D eigenvalue weighted by molar-refractivity contribution is -0.0592. The summed E-state index contributed by atoms with van der Waals surface area (Å²) in [6.07, 6.45) is 2.21. The minimum Gasteiger partial charge on any atom is -0.473 e. The van der Waals surface area contributed by atoms with E-state index < -0.39 is 6.09 Å². The second kappa shape index (κ2) is 11.4. The topological polar surface area (TPSA) is 102 Å². The third kappa shape index (κ3) is 6.05. The molecule has 9 heteroatoms. The zero-order chi connectivity index (χ0) is 26.6. The third-order valence-corrected chi connectivity index (χ3v) is 7.60. The smallest absolute Gasteiger partial charge is 0.409 e. The van der Waals surface area contributed by atoms with Crippen LogP contribution in [0.25, 0.3) is 11.0 Å². The number of hydrogen-bond acceptors (Lipinski definition) is 6. The molecule has 6 rings (SSSR count). The van der Waals surface area contributed by atoms with Gasteiger partial charge in [-0.05, 0) is 62.2 Å². The first-order valence-corrected chi connectivity index (χ1v) is 13.6. The number of benzene rings is 2. The van der Waals surface area contributed by atoms with E-state index in [1.807, 2.05) is 36.4 Å². The number of aromatic nitrogens is 3. The summed E-state index contributed by atoms with van der Waals surface area (Å²) in [7, 11) is 0. The number of anilines is 1. The molecule has 0 spiro atoms. The number of nitrogens with one attached hydrogen (secondary N) is 1. The predicted molar refractivity (Wildman–Crippen MR) is 148 cm³/mol. The van der Waals surface area contributed by atoms with Gasteiger partial charge in [-0.3, -0.25) is 10.2 Å². The summed E-state index contributed by atoms with van der Waals surface area (Å²) >= 11 is 0. The Kier molecular flexibility index (Phi) is 7.42. The van der Waals surface area contributed by atoms with Gasteiger partial charge in [0, 0.05) is 30.0 Å². The maximum absolute atomic E-state index is 11.1. The zero-order valence-corrected chi connectivity index (χ0v) is 21.8. The van der Waals surface area contributed by atoms with E-state index in [0.29, 0.717) is 24.1 Å². The SMILES string of the molecule is O=C(O)Nc1ccc2c(c1)nc(CN1CCC(c3cccc(OCc4ccccc4)n3)CC1)n2C[C@@H]1CCO1. The average Bonchev–Trinajstić information content (AvgIpc) is 3.26. The van der Waals surface area contributed by atoms with Crippen molar-refractivity contribution < 1.29 is 19.4 Å². The molecule has 4 heterocycles. The van der Waals surface area contributed by atoms with E-state index >= 15 is 0 Å². The first-order chi connectivity index (χ1) is 19.1. The first kappa shape index (κ1) is 25.3. The number of hydrogen-bond donors (Lipinski definition) is 2. The lowest BCUT2D eigenvalue weighted by Crippen LogP contribution is -2.35. The van der Waals surface area contributed by atoms with Gasteiger partial charge in [-0.1, -0.05) is 36.4 Å². The Bertz CT molecular complexity index is 1430. The standard InChI is InChI=1S/C30H33N5O4/c36-30(37)31-23-9-10-27-26(17-23)32-28(35(27)18-24-13-16-38-24)19-34-14-11-22(12-15-34)25-7-4-8-29(33-25)39-20-21-5-2-1-3-6-21/h1-10,17,22,24,31H,11-16,18-20H2,(H,36,37)/t24-/m0/s1. The van der Waals surface area contributed by atoms with E-state index in [1.54, 1.807) is 12.1 Å². The molecule has 0 saturated carbocycles. The van der Waals surface area contributed by atoms with E-state index in [2.05, 4.69) is 33.0 Å². The van der Waals surface area contributed by atoms with Crippen molar-refractivity contribution in [2.75, 3.05) is 25.0 Å². The lowest BCUT2D eigenvalue weighted by Gasteiger charge is -2.32. The fraction of sp³-hybridized carbons (Fsp3) is 0.367. The number of carbonyl (C=O) groups is 1. The Balaban J connectivity index is 1.11. The second-order valence-corrected chi connectivity index (χ2v) is 10.3. The van der Waals surface area contributed by atoms with Crippen LogP contribution >= 0.6 is 0 Å². The molecule has 2 fully saturated rings. The van der Waals surface area contributed by atoms with Crippen molar-refractivity contribution in [2.45, 2.75) is 51.0 Å². The lowest BCUT2D eigenvalue weighted by atomic mass is 9.93. The van der Waals surface area contributed by atoms with Crippen LogP contribution < -0.4 is 10.1 Å². The van der Waals surface area contributed by atoms with Crippen molar-refractivity contribution in [3.8, 4) is 5.88 Å². The van der Waals surface area contributed by atoms with Crippen molar-refractivity contribution in [3.05, 3.63) is 83.8 Å². The van der Waals surface area contributed by atoms with Crippen LogP contribution in [0.4, 0.5) is 10.5 Å². The molecule has 2 saturated heterocycles. The molecule has 2 aromatic heterocycles. The van der Waals surface area contributed by atoms with Gasteiger partial charge in [0.15, 0.2) is 0 Å². The second-order valence-electron chi connectivity index (χ2n) is 10.3. The van der Waals surface area contributed by atoms with Crippen molar-refractivity contribution in [2.24, 2.45) is 0 Å². The highest BCUT2D eigenvalue weighted by molar-refractivity contribution is 5.88. The summed E-state index contributed by atoms with van der Waals surface area (Å²) < 4.78 is 13.9. The highest BCUT2D eigenvalue weighted by Gasteiger charge is 2.26. The molecule has 1 atom stereocenters. The van der Waals surface area contributed by atoms with Gasteiger partial charge < -0.3 is 19.1 Å². The van der Waals surface area contributed by atoms with Crippen LogP contribution in [0.5, 0.6) is 5.88 Å². The van der Waals surface area contributed by atoms with Gasteiger partial charge >= 0.3 is 6.09 Å². The molecule has 0 radical (unpaired) electrons. The van der Waals surface area contributed by atoms with Crippen LogP contribution in [-0.2, 0) is 24.4 Å². The minimum absolute atomic E-state index is 0.200. The van der Waals surface area contributed by atoms with Crippen LogP contribution in [0.3, 0.4) is 0 Å². The van der Waals surface area contributed by atoms with Crippen molar-refractivity contribution >= 4 is 22.8 Å². The maximum atomic E-state index is 11.1. The summed E-state index contributed by atoms with van der Waals surface area (Å²) in [5.74, 6) is 2.05. The van der Waals surface area contributed by atoms with Gasteiger partial charge in [-0.25, -0.2) is 14.8 Å². The molecule has 1 amide bonds. The molecule has 2 N–H and O–H groups in total. The Labute approximate surface area is 227 Å². The number of rotatable bonds is 9.